The lowest BCUT2D eigenvalue weighted by Gasteiger charge is -2.24. The van der Waals surface area contributed by atoms with Crippen molar-refractivity contribution in [2.45, 2.75) is 26.8 Å². The summed E-state index contributed by atoms with van der Waals surface area (Å²) >= 11 is 4.87. The summed E-state index contributed by atoms with van der Waals surface area (Å²) in [6.07, 6.45) is 0. The molecule has 0 amide bonds. The molecule has 1 unspecified atom stereocenters. The Balaban J connectivity index is 3.75. The largest absolute Gasteiger partial charge is 0.393 e. The van der Waals surface area contributed by atoms with Crippen molar-refractivity contribution in [3.63, 3.8) is 0 Å². The highest BCUT2D eigenvalue weighted by atomic mass is 32.1. The molecule has 0 bridgehead atoms. The Morgan fingerprint density at radius 2 is 1.91 bits per heavy atom. The Hall–Kier alpha value is -0.150. The molecule has 2 nitrogen and oxygen atoms in total. The molecule has 0 radical (unpaired) electrons. The highest BCUT2D eigenvalue weighted by Gasteiger charge is 2.10. The molecule has 0 aromatic rings. The predicted octanol–water partition coefficient (Wildman–Crippen LogP) is 1.25. The second-order valence-corrected chi connectivity index (χ2v) is 3.81. The van der Waals surface area contributed by atoms with Gasteiger partial charge in [0.2, 0.25) is 0 Å². The maximum Gasteiger partial charge on any atom is 0.0768 e. The standard InChI is InChI=1S/C8H18N2S/c1-6(2)10(4)5-7(3)8(9)11/h6-7H,5H2,1-4H3,(H2,9,11). The van der Waals surface area contributed by atoms with Crippen LogP contribution in [0.5, 0.6) is 0 Å². The van der Waals surface area contributed by atoms with Crippen molar-refractivity contribution < 1.29 is 0 Å². The first kappa shape index (κ1) is 10.8. The number of hydrogen-bond acceptors (Lipinski definition) is 2. The van der Waals surface area contributed by atoms with Gasteiger partial charge in [0.25, 0.3) is 0 Å². The molecule has 1 atom stereocenters. The van der Waals surface area contributed by atoms with Crippen LogP contribution in [0.15, 0.2) is 0 Å². The zero-order chi connectivity index (χ0) is 9.02. The molecule has 0 aromatic heterocycles. The second kappa shape index (κ2) is 4.67. The van der Waals surface area contributed by atoms with Crippen LogP contribution in [-0.4, -0.2) is 29.5 Å². The average molecular weight is 174 g/mol. The van der Waals surface area contributed by atoms with E-state index in [0.29, 0.717) is 16.9 Å². The maximum absolute atomic E-state index is 5.49. The van der Waals surface area contributed by atoms with E-state index in [4.69, 9.17) is 18.0 Å². The highest BCUT2D eigenvalue weighted by molar-refractivity contribution is 7.80. The maximum atomic E-state index is 5.49. The van der Waals surface area contributed by atoms with Gasteiger partial charge in [0.15, 0.2) is 0 Å². The van der Waals surface area contributed by atoms with Gasteiger partial charge in [0, 0.05) is 18.5 Å². The zero-order valence-corrected chi connectivity index (χ0v) is 8.61. The average Bonchev–Trinajstić information content (AvgIpc) is 1.87. The van der Waals surface area contributed by atoms with E-state index >= 15 is 0 Å². The lowest BCUT2D eigenvalue weighted by atomic mass is 10.1. The van der Waals surface area contributed by atoms with Gasteiger partial charge >= 0.3 is 0 Å². The Kier molecular flexibility index (Phi) is 4.61. The van der Waals surface area contributed by atoms with Crippen LogP contribution >= 0.6 is 12.2 Å². The van der Waals surface area contributed by atoms with Gasteiger partial charge in [-0.3, -0.25) is 0 Å². The fraction of sp³-hybridized carbons (Fsp3) is 0.875. The topological polar surface area (TPSA) is 29.3 Å². The van der Waals surface area contributed by atoms with Gasteiger partial charge in [-0.2, -0.15) is 0 Å². The monoisotopic (exact) mass is 174 g/mol. The number of hydrogen-bond donors (Lipinski definition) is 1. The van der Waals surface area contributed by atoms with E-state index in [9.17, 15) is 0 Å². The number of rotatable bonds is 4. The molecule has 0 rings (SSSR count). The lowest BCUT2D eigenvalue weighted by Crippen LogP contribution is -2.35. The molecule has 3 heteroatoms. The van der Waals surface area contributed by atoms with Gasteiger partial charge in [0.1, 0.15) is 0 Å². The van der Waals surface area contributed by atoms with E-state index < -0.39 is 0 Å². The third-order valence-corrected chi connectivity index (χ3v) is 2.33. The predicted molar refractivity (Wildman–Crippen MR) is 53.7 cm³/mol. The summed E-state index contributed by atoms with van der Waals surface area (Å²) in [4.78, 5) is 2.85. The van der Waals surface area contributed by atoms with Gasteiger partial charge in [-0.1, -0.05) is 19.1 Å². The second-order valence-electron chi connectivity index (χ2n) is 3.34. The summed E-state index contributed by atoms with van der Waals surface area (Å²) < 4.78 is 0. The van der Waals surface area contributed by atoms with Gasteiger partial charge < -0.3 is 10.6 Å². The normalized spacial score (nSPS) is 14.0. The van der Waals surface area contributed by atoms with Crippen LogP contribution in [0.1, 0.15) is 20.8 Å². The number of nitrogens with two attached hydrogens (primary N) is 1. The molecule has 0 aromatic carbocycles. The van der Waals surface area contributed by atoms with Crippen molar-refractivity contribution in [1.82, 2.24) is 4.90 Å². The first-order valence-electron chi connectivity index (χ1n) is 3.94. The van der Waals surface area contributed by atoms with Gasteiger partial charge in [-0.05, 0) is 20.9 Å². The van der Waals surface area contributed by atoms with Crippen molar-refractivity contribution in [1.29, 1.82) is 0 Å². The van der Waals surface area contributed by atoms with E-state index in [1.54, 1.807) is 0 Å². The fourth-order valence-corrected chi connectivity index (χ4v) is 0.807. The summed E-state index contributed by atoms with van der Waals surface area (Å²) in [7, 11) is 2.08. The summed E-state index contributed by atoms with van der Waals surface area (Å²) in [5.41, 5.74) is 5.49. The van der Waals surface area contributed by atoms with Gasteiger partial charge in [-0.15, -0.1) is 0 Å². The van der Waals surface area contributed by atoms with E-state index in [-0.39, 0.29) is 0 Å². The molecule has 0 fully saturated rings. The first-order valence-corrected chi connectivity index (χ1v) is 4.35. The first-order chi connectivity index (χ1) is 4.95. The minimum atomic E-state index is 0.317. The minimum Gasteiger partial charge on any atom is -0.393 e. The molecule has 0 heterocycles. The molecular weight excluding hydrogens is 156 g/mol. The molecule has 0 saturated carbocycles. The summed E-state index contributed by atoms with van der Waals surface area (Å²) in [6.45, 7) is 7.33. The van der Waals surface area contributed by atoms with Crippen molar-refractivity contribution in [3.05, 3.63) is 0 Å². The van der Waals surface area contributed by atoms with Crippen LogP contribution in [0.25, 0.3) is 0 Å². The van der Waals surface area contributed by atoms with Crippen molar-refractivity contribution in [2.75, 3.05) is 13.6 Å². The summed E-state index contributed by atoms with van der Waals surface area (Å²) in [5.74, 6) is 0.317. The Morgan fingerprint density at radius 3 is 2.18 bits per heavy atom. The van der Waals surface area contributed by atoms with Crippen LogP contribution < -0.4 is 5.73 Å². The molecule has 11 heavy (non-hydrogen) atoms. The van der Waals surface area contributed by atoms with E-state index in [1.807, 2.05) is 0 Å². The third kappa shape index (κ3) is 4.32. The number of thiocarbonyl (C=S) groups is 1. The summed E-state index contributed by atoms with van der Waals surface area (Å²) in [6, 6.07) is 0.562. The van der Waals surface area contributed by atoms with Crippen LogP contribution in [-0.2, 0) is 0 Å². The molecule has 0 aliphatic heterocycles. The zero-order valence-electron chi connectivity index (χ0n) is 7.79. The SMILES string of the molecule is CC(CN(C)C(C)C)C(N)=S. The van der Waals surface area contributed by atoms with Gasteiger partial charge in [-0.25, -0.2) is 0 Å². The van der Waals surface area contributed by atoms with Crippen LogP contribution in [0.3, 0.4) is 0 Å². The van der Waals surface area contributed by atoms with Gasteiger partial charge in [0.05, 0.1) is 4.99 Å². The fourth-order valence-electron chi connectivity index (χ4n) is 0.733. The van der Waals surface area contributed by atoms with Crippen molar-refractivity contribution >= 4 is 17.2 Å². The molecule has 0 aliphatic carbocycles. The van der Waals surface area contributed by atoms with Crippen LogP contribution in [0.4, 0.5) is 0 Å². The molecule has 0 spiro atoms. The summed E-state index contributed by atoms with van der Waals surface area (Å²) in [5, 5.41) is 0. The molecule has 0 saturated heterocycles. The smallest absolute Gasteiger partial charge is 0.0768 e. The van der Waals surface area contributed by atoms with Crippen molar-refractivity contribution in [2.24, 2.45) is 11.7 Å². The van der Waals surface area contributed by atoms with Crippen LogP contribution in [0, 0.1) is 5.92 Å². The highest BCUT2D eigenvalue weighted by Crippen LogP contribution is 2.01. The van der Waals surface area contributed by atoms with E-state index in [0.717, 1.165) is 6.54 Å². The van der Waals surface area contributed by atoms with Crippen LogP contribution in [0.2, 0.25) is 0 Å². The molecule has 2 N–H and O–H groups in total. The molecule has 0 aliphatic rings. The quantitative estimate of drug-likeness (QED) is 0.650. The Bertz CT molecular complexity index is 134. The Labute approximate surface area is 74.8 Å². The van der Waals surface area contributed by atoms with E-state index in [2.05, 4.69) is 32.7 Å². The van der Waals surface area contributed by atoms with E-state index in [1.165, 1.54) is 0 Å². The lowest BCUT2D eigenvalue weighted by molar-refractivity contribution is 0.259. The minimum absolute atomic E-state index is 0.317. The molecule has 66 valence electrons. The van der Waals surface area contributed by atoms with Crippen molar-refractivity contribution in [3.8, 4) is 0 Å². The number of nitrogens with zero attached hydrogens (tertiary/aromatic N) is 1. The molecular formula is C8H18N2S. The Morgan fingerprint density at radius 1 is 1.45 bits per heavy atom. The third-order valence-electron chi connectivity index (χ3n) is 1.93.